The number of hydrogen-bond donors (Lipinski definition) is 0. The van der Waals surface area contributed by atoms with Gasteiger partial charge in [0.15, 0.2) is 5.82 Å². The average molecular weight is 593 g/mol. The highest BCUT2D eigenvalue weighted by Crippen LogP contribution is 2.50. The molecule has 1 aromatic heterocycles. The summed E-state index contributed by atoms with van der Waals surface area (Å²) in [5, 5.41) is 12.9. The number of benzene rings is 5. The molecule has 0 spiro atoms. The van der Waals surface area contributed by atoms with Crippen LogP contribution in [-0.4, -0.2) is 27.3 Å². The second kappa shape index (κ2) is 12.3. The minimum absolute atomic E-state index is 0.518. The Balaban J connectivity index is 1.20. The largest absolute Gasteiger partial charge is 0.497 e. The molecule has 6 aromatic rings. The zero-order valence-corrected chi connectivity index (χ0v) is 24.8. The molecule has 5 aromatic carbocycles. The fraction of sp³-hybridized carbons (Fsp3) is 0.0278. The third kappa shape index (κ3) is 5.58. The highest BCUT2D eigenvalue weighted by molar-refractivity contribution is 7.99. The number of aromatic nitrogens is 4. The van der Waals surface area contributed by atoms with Gasteiger partial charge in [0, 0.05) is 33.1 Å². The zero-order chi connectivity index (χ0) is 29.7. The quantitative estimate of drug-likeness (QED) is 0.164. The van der Waals surface area contributed by atoms with Crippen LogP contribution in [0, 0.1) is 0 Å². The molecule has 8 heteroatoms. The van der Waals surface area contributed by atoms with E-state index in [0.717, 1.165) is 39.9 Å². The maximum atomic E-state index is 5.24. The van der Waals surface area contributed by atoms with E-state index in [1.54, 1.807) is 18.9 Å². The molecule has 1 aliphatic rings. The van der Waals surface area contributed by atoms with Crippen molar-refractivity contribution in [3.05, 3.63) is 152 Å². The van der Waals surface area contributed by atoms with E-state index in [1.807, 2.05) is 54.6 Å². The average Bonchev–Trinajstić information content (AvgIpc) is 3.56. The number of methoxy groups -OCH3 is 1. The number of hydrogen-bond acceptors (Lipinski definition) is 7. The minimum Gasteiger partial charge on any atom is -0.497 e. The van der Waals surface area contributed by atoms with Crippen LogP contribution in [0.25, 0.3) is 11.8 Å². The van der Waals surface area contributed by atoms with Gasteiger partial charge in [-0.05, 0) is 96.2 Å². The molecule has 0 fully saturated rings. The van der Waals surface area contributed by atoms with Gasteiger partial charge in [-0.1, -0.05) is 66.4 Å². The Labute approximate surface area is 260 Å². The Morgan fingerprint density at radius 3 is 2.09 bits per heavy atom. The third-order valence-electron chi connectivity index (χ3n) is 7.16. The Kier molecular flexibility index (Phi) is 7.63. The van der Waals surface area contributed by atoms with Gasteiger partial charge >= 0.3 is 0 Å². The van der Waals surface area contributed by atoms with E-state index in [9.17, 15) is 0 Å². The van der Waals surface area contributed by atoms with Crippen LogP contribution in [-0.2, 0) is 0 Å². The molecule has 0 unspecified atom stereocenters. The van der Waals surface area contributed by atoms with Crippen molar-refractivity contribution in [1.29, 1.82) is 0 Å². The molecule has 7 rings (SSSR count). The lowest BCUT2D eigenvalue weighted by Crippen LogP contribution is -2.15. The lowest BCUT2D eigenvalue weighted by Gasteiger charge is -2.32. The second-order valence-corrected chi connectivity index (χ2v) is 11.0. The molecule has 1 aliphatic heterocycles. The van der Waals surface area contributed by atoms with Crippen LogP contribution in [0.2, 0.25) is 0 Å². The Morgan fingerprint density at radius 2 is 1.36 bits per heavy atom. The van der Waals surface area contributed by atoms with Crippen LogP contribution in [0.1, 0.15) is 5.82 Å². The van der Waals surface area contributed by atoms with Crippen molar-refractivity contribution in [3.8, 4) is 11.4 Å². The Hall–Kier alpha value is -5.60. The predicted molar refractivity (Wildman–Crippen MR) is 178 cm³/mol. The zero-order valence-electron chi connectivity index (χ0n) is 23.9. The molecule has 0 saturated carbocycles. The molecule has 2 heterocycles. The highest BCUT2D eigenvalue weighted by Gasteiger charge is 2.23. The summed E-state index contributed by atoms with van der Waals surface area (Å²) >= 11 is 1.79. The van der Waals surface area contributed by atoms with E-state index in [1.165, 1.54) is 14.6 Å². The number of anilines is 5. The van der Waals surface area contributed by atoms with Crippen molar-refractivity contribution in [3.63, 3.8) is 0 Å². The highest BCUT2D eigenvalue weighted by atomic mass is 32.2. The first-order valence-electron chi connectivity index (χ1n) is 14.2. The summed E-state index contributed by atoms with van der Waals surface area (Å²) in [6.07, 6.45) is 7.87. The van der Waals surface area contributed by atoms with E-state index >= 15 is 0 Å². The molecule has 0 N–H and O–H groups in total. The molecule has 44 heavy (non-hydrogen) atoms. The van der Waals surface area contributed by atoms with Crippen LogP contribution < -0.4 is 14.5 Å². The van der Waals surface area contributed by atoms with Gasteiger partial charge in [-0.25, -0.2) is 0 Å². The molecule has 0 amide bonds. The van der Waals surface area contributed by atoms with Crippen molar-refractivity contribution in [2.75, 3.05) is 16.9 Å². The monoisotopic (exact) mass is 592 g/mol. The molecule has 0 atom stereocenters. The molecule has 214 valence electrons. The van der Waals surface area contributed by atoms with Crippen molar-refractivity contribution in [2.45, 2.75) is 9.79 Å². The van der Waals surface area contributed by atoms with Gasteiger partial charge in [0.2, 0.25) is 0 Å². The normalized spacial score (nSPS) is 12.3. The first kappa shape index (κ1) is 27.2. The van der Waals surface area contributed by atoms with E-state index in [-0.39, 0.29) is 0 Å². The van der Waals surface area contributed by atoms with Crippen LogP contribution in [0.3, 0.4) is 0 Å². The van der Waals surface area contributed by atoms with Gasteiger partial charge in [-0.15, -0.1) is 15.0 Å². The number of allylic oxidation sites excluding steroid dienone is 2. The van der Waals surface area contributed by atoms with E-state index < -0.39 is 0 Å². The SMILES string of the molecule is COc1ccc(-n2nnc(/C=C/C=C/N3c4ccccc4Sc4ccc(N(c5ccccc5)c5ccccc5)cc43)n2)cc1. The lowest BCUT2D eigenvalue weighted by molar-refractivity contribution is 0.414. The number of fused-ring (bicyclic) bond motifs is 2. The first-order valence-corrected chi connectivity index (χ1v) is 15.0. The van der Waals surface area contributed by atoms with Crippen molar-refractivity contribution in [2.24, 2.45) is 0 Å². The topological polar surface area (TPSA) is 59.3 Å². The lowest BCUT2D eigenvalue weighted by atomic mass is 10.1. The van der Waals surface area contributed by atoms with Gasteiger partial charge in [-0.2, -0.15) is 0 Å². The number of rotatable bonds is 8. The minimum atomic E-state index is 0.518. The summed E-state index contributed by atoms with van der Waals surface area (Å²) in [6.45, 7) is 0. The van der Waals surface area contributed by atoms with Crippen LogP contribution in [0.5, 0.6) is 5.75 Å². The van der Waals surface area contributed by atoms with Crippen molar-refractivity contribution >= 4 is 46.3 Å². The molecule has 0 saturated heterocycles. The van der Waals surface area contributed by atoms with Gasteiger partial charge in [0.25, 0.3) is 0 Å². The summed E-state index contributed by atoms with van der Waals surface area (Å²) in [4.78, 5) is 8.42. The smallest absolute Gasteiger partial charge is 0.198 e. The summed E-state index contributed by atoms with van der Waals surface area (Å²) in [6, 6.07) is 43.6. The standard InChI is InChI=1S/C36H28N6OS/c1-43-31-22-19-29(20-23-31)42-38-36(37-39-42)18-10-11-25-40-32-16-8-9-17-34(32)44-35-24-21-30(26-33(35)40)41(27-12-4-2-5-13-27)28-14-6-3-7-15-28/h2-26H,1H3/b18-10+,25-11+. The molecule has 0 bridgehead atoms. The maximum Gasteiger partial charge on any atom is 0.198 e. The van der Waals surface area contributed by atoms with Crippen molar-refractivity contribution in [1.82, 2.24) is 20.2 Å². The number of tetrazole rings is 1. The first-order chi connectivity index (χ1) is 21.8. The van der Waals surface area contributed by atoms with Crippen LogP contribution in [0.4, 0.5) is 28.4 Å². The van der Waals surface area contributed by atoms with Gasteiger partial charge in [-0.3, -0.25) is 0 Å². The molecular weight excluding hydrogens is 565 g/mol. The van der Waals surface area contributed by atoms with E-state index in [2.05, 4.69) is 122 Å². The fourth-order valence-electron chi connectivity index (χ4n) is 5.07. The fourth-order valence-corrected chi connectivity index (χ4v) is 6.12. The Bertz CT molecular complexity index is 1900. The van der Waals surface area contributed by atoms with Crippen LogP contribution >= 0.6 is 11.8 Å². The van der Waals surface area contributed by atoms with Crippen LogP contribution in [0.15, 0.2) is 156 Å². The second-order valence-electron chi connectivity index (χ2n) is 9.93. The molecular formula is C36H28N6OS. The van der Waals surface area contributed by atoms with Gasteiger partial charge in [0.1, 0.15) is 5.75 Å². The van der Waals surface area contributed by atoms with E-state index in [4.69, 9.17) is 4.74 Å². The predicted octanol–water partition coefficient (Wildman–Crippen LogP) is 8.97. The van der Waals surface area contributed by atoms with Gasteiger partial charge < -0.3 is 14.5 Å². The van der Waals surface area contributed by atoms with E-state index in [0.29, 0.717) is 5.82 Å². The van der Waals surface area contributed by atoms with Crippen molar-refractivity contribution < 1.29 is 4.74 Å². The summed E-state index contributed by atoms with van der Waals surface area (Å²) in [5.74, 6) is 1.29. The summed E-state index contributed by atoms with van der Waals surface area (Å²) in [5.41, 5.74) is 6.32. The maximum absolute atomic E-state index is 5.24. The molecule has 7 nitrogen and oxygen atoms in total. The Morgan fingerprint density at radius 1 is 0.682 bits per heavy atom. The number of nitrogens with zero attached hydrogens (tertiary/aromatic N) is 6. The summed E-state index contributed by atoms with van der Waals surface area (Å²) < 4.78 is 5.24. The molecule has 0 aliphatic carbocycles. The number of para-hydroxylation sites is 3. The molecule has 0 radical (unpaired) electrons. The van der Waals surface area contributed by atoms with Gasteiger partial charge in [0.05, 0.1) is 24.2 Å². The third-order valence-corrected chi connectivity index (χ3v) is 8.29. The number of ether oxygens (including phenoxy) is 1. The summed E-state index contributed by atoms with van der Waals surface area (Å²) in [7, 11) is 1.64.